The Kier molecular flexibility index (Phi) is 6.65. The largest absolute Gasteiger partial charge is 0.462 e. The molecule has 4 rings (SSSR count). The fraction of sp³-hybridized carbons (Fsp3) is 0.364. The molecule has 1 saturated carbocycles. The van der Waals surface area contributed by atoms with Crippen molar-refractivity contribution in [1.29, 1.82) is 0 Å². The number of ether oxygens (including phenoxy) is 1. The first-order valence-corrected chi connectivity index (χ1v) is 11.0. The molecule has 0 unspecified atom stereocenters. The van der Waals surface area contributed by atoms with Crippen molar-refractivity contribution >= 4 is 29.3 Å². The number of amides is 1. The van der Waals surface area contributed by atoms with E-state index in [1.165, 1.54) is 10.9 Å². The molecule has 0 saturated heterocycles. The van der Waals surface area contributed by atoms with Crippen molar-refractivity contribution in [2.45, 2.75) is 44.8 Å². The highest BCUT2D eigenvalue weighted by atomic mass is 35.5. The van der Waals surface area contributed by atoms with Crippen LogP contribution < -0.4 is 5.32 Å². The summed E-state index contributed by atoms with van der Waals surface area (Å²) in [5.41, 5.74) is -0.205. The van der Waals surface area contributed by atoms with Gasteiger partial charge in [-0.2, -0.15) is 23.4 Å². The molecule has 1 aliphatic rings. The Balaban J connectivity index is 1.56. The third kappa shape index (κ3) is 4.93. The number of hydrogen-bond donors (Lipinski definition) is 1. The second-order valence-electron chi connectivity index (χ2n) is 7.72. The molecule has 8 nitrogen and oxygen atoms in total. The smallest absolute Gasteiger partial charge is 0.436 e. The maximum atomic E-state index is 13.3. The van der Waals surface area contributed by atoms with Gasteiger partial charge in [0.25, 0.3) is 0 Å². The van der Waals surface area contributed by atoms with Crippen molar-refractivity contribution in [3.8, 4) is 5.69 Å². The minimum absolute atomic E-state index is 0.0548. The number of aryl methyl sites for hydroxylation is 1. The van der Waals surface area contributed by atoms with Crippen LogP contribution in [0.5, 0.6) is 0 Å². The third-order valence-corrected chi connectivity index (χ3v) is 5.61. The summed E-state index contributed by atoms with van der Waals surface area (Å²) in [5, 5.41) is 10.1. The van der Waals surface area contributed by atoms with Crippen molar-refractivity contribution in [2.24, 2.45) is 0 Å². The second kappa shape index (κ2) is 9.49. The lowest BCUT2D eigenvalue weighted by molar-refractivity contribution is -0.141. The van der Waals surface area contributed by atoms with Gasteiger partial charge in [0.05, 0.1) is 35.8 Å². The molecule has 2 heterocycles. The molecule has 1 aromatic carbocycles. The number of carbonyl (C=O) groups is 2. The van der Waals surface area contributed by atoms with Crippen LogP contribution in [0.25, 0.3) is 5.69 Å². The summed E-state index contributed by atoms with van der Waals surface area (Å²) in [5.74, 6) is -1.20. The Morgan fingerprint density at radius 2 is 1.94 bits per heavy atom. The monoisotopic (exact) mass is 495 g/mol. The first kappa shape index (κ1) is 23.8. The van der Waals surface area contributed by atoms with Gasteiger partial charge in [-0.05, 0) is 31.9 Å². The van der Waals surface area contributed by atoms with Crippen molar-refractivity contribution < 1.29 is 27.5 Å². The Labute approximate surface area is 197 Å². The summed E-state index contributed by atoms with van der Waals surface area (Å²) >= 11 is 5.99. The predicted molar refractivity (Wildman–Crippen MR) is 117 cm³/mol. The average molecular weight is 496 g/mol. The molecule has 34 heavy (non-hydrogen) atoms. The summed E-state index contributed by atoms with van der Waals surface area (Å²) in [6.45, 7) is 1.68. The molecule has 0 radical (unpaired) electrons. The SMILES string of the molecule is CCOC(=O)c1cnn(-c2ccccc2)c1NC(=O)CCn1nc(C(F)(F)F)c(Cl)c1C1CC1. The van der Waals surface area contributed by atoms with E-state index >= 15 is 0 Å². The molecule has 1 N–H and O–H groups in total. The van der Waals surface area contributed by atoms with E-state index in [-0.39, 0.29) is 36.9 Å². The summed E-state index contributed by atoms with van der Waals surface area (Å²) in [7, 11) is 0. The molecule has 180 valence electrons. The van der Waals surface area contributed by atoms with Crippen molar-refractivity contribution in [3.63, 3.8) is 0 Å². The van der Waals surface area contributed by atoms with E-state index in [1.54, 1.807) is 37.3 Å². The van der Waals surface area contributed by atoms with Crippen LogP contribution in [0, 0.1) is 0 Å². The van der Waals surface area contributed by atoms with Gasteiger partial charge in [0.2, 0.25) is 5.91 Å². The Bertz CT molecular complexity index is 1200. The number of nitrogens with zero attached hydrogens (tertiary/aromatic N) is 4. The van der Waals surface area contributed by atoms with E-state index in [4.69, 9.17) is 16.3 Å². The highest BCUT2D eigenvalue weighted by molar-refractivity contribution is 6.32. The number of hydrogen-bond acceptors (Lipinski definition) is 5. The number of para-hydroxylation sites is 1. The zero-order chi connectivity index (χ0) is 24.5. The van der Waals surface area contributed by atoms with Gasteiger partial charge in [0, 0.05) is 12.3 Å². The lowest BCUT2D eigenvalue weighted by Gasteiger charge is -2.12. The first-order valence-electron chi connectivity index (χ1n) is 10.6. The maximum absolute atomic E-state index is 13.3. The molecule has 1 aliphatic carbocycles. The molecule has 0 atom stereocenters. The number of aromatic nitrogens is 4. The molecule has 2 aromatic heterocycles. The van der Waals surface area contributed by atoms with Crippen LogP contribution in [0.2, 0.25) is 5.02 Å². The molecule has 0 spiro atoms. The number of anilines is 1. The van der Waals surface area contributed by atoms with Crippen molar-refractivity contribution in [3.05, 3.63) is 58.5 Å². The summed E-state index contributed by atoms with van der Waals surface area (Å²) in [4.78, 5) is 25.2. The Morgan fingerprint density at radius 3 is 2.56 bits per heavy atom. The predicted octanol–water partition coefficient (Wildman–Crippen LogP) is 4.82. The van der Waals surface area contributed by atoms with Gasteiger partial charge in [0.15, 0.2) is 11.5 Å². The van der Waals surface area contributed by atoms with Crippen LogP contribution in [0.15, 0.2) is 36.5 Å². The quantitative estimate of drug-likeness (QED) is 0.452. The topological polar surface area (TPSA) is 91.0 Å². The normalized spacial score (nSPS) is 13.7. The van der Waals surface area contributed by atoms with Crippen molar-refractivity contribution in [1.82, 2.24) is 19.6 Å². The number of alkyl halides is 3. The fourth-order valence-electron chi connectivity index (χ4n) is 3.55. The van der Waals surface area contributed by atoms with E-state index in [1.807, 2.05) is 0 Å². The number of carbonyl (C=O) groups excluding carboxylic acids is 2. The molecule has 0 aliphatic heterocycles. The molecule has 0 bridgehead atoms. The highest BCUT2D eigenvalue weighted by Crippen LogP contribution is 2.46. The number of rotatable bonds is 8. The van der Waals surface area contributed by atoms with Gasteiger partial charge < -0.3 is 10.1 Å². The van der Waals surface area contributed by atoms with Gasteiger partial charge in [-0.3, -0.25) is 9.48 Å². The number of esters is 1. The van der Waals surface area contributed by atoms with Crippen LogP contribution in [-0.2, 0) is 22.3 Å². The summed E-state index contributed by atoms with van der Waals surface area (Å²) in [6.07, 6.45) is -2.17. The third-order valence-electron chi connectivity index (χ3n) is 5.24. The van der Waals surface area contributed by atoms with Gasteiger partial charge in [0.1, 0.15) is 5.56 Å². The Morgan fingerprint density at radius 1 is 1.24 bits per heavy atom. The van der Waals surface area contributed by atoms with Gasteiger partial charge in [-0.25, -0.2) is 9.48 Å². The van der Waals surface area contributed by atoms with E-state index in [0.717, 1.165) is 4.68 Å². The number of benzene rings is 1. The maximum Gasteiger partial charge on any atom is 0.436 e. The van der Waals surface area contributed by atoms with E-state index in [2.05, 4.69) is 15.5 Å². The molecular formula is C22H21ClF3N5O3. The molecular weight excluding hydrogens is 475 g/mol. The first-order chi connectivity index (χ1) is 16.2. The lowest BCUT2D eigenvalue weighted by atomic mass is 10.2. The zero-order valence-electron chi connectivity index (χ0n) is 18.1. The lowest BCUT2D eigenvalue weighted by Crippen LogP contribution is -2.20. The highest BCUT2D eigenvalue weighted by Gasteiger charge is 2.42. The minimum atomic E-state index is -4.69. The van der Waals surface area contributed by atoms with Gasteiger partial charge in [-0.1, -0.05) is 29.8 Å². The summed E-state index contributed by atoms with van der Waals surface area (Å²) in [6, 6.07) is 8.82. The van der Waals surface area contributed by atoms with Crippen LogP contribution >= 0.6 is 11.6 Å². The average Bonchev–Trinajstić information content (AvgIpc) is 3.44. The molecule has 1 fully saturated rings. The zero-order valence-corrected chi connectivity index (χ0v) is 18.9. The van der Waals surface area contributed by atoms with Gasteiger partial charge in [-0.15, -0.1) is 0 Å². The minimum Gasteiger partial charge on any atom is -0.462 e. The summed E-state index contributed by atoms with van der Waals surface area (Å²) < 4.78 is 47.4. The molecule has 3 aromatic rings. The van der Waals surface area contributed by atoms with Gasteiger partial charge >= 0.3 is 12.1 Å². The molecule has 12 heteroatoms. The van der Waals surface area contributed by atoms with Crippen LogP contribution in [0.3, 0.4) is 0 Å². The number of nitrogens with one attached hydrogen (secondary N) is 1. The van der Waals surface area contributed by atoms with Crippen LogP contribution in [-0.4, -0.2) is 38.0 Å². The van der Waals surface area contributed by atoms with Crippen LogP contribution in [0.1, 0.15) is 53.8 Å². The van der Waals surface area contributed by atoms with Crippen LogP contribution in [0.4, 0.5) is 19.0 Å². The van der Waals surface area contributed by atoms with E-state index in [9.17, 15) is 22.8 Å². The number of halogens is 4. The second-order valence-corrected chi connectivity index (χ2v) is 8.09. The van der Waals surface area contributed by atoms with E-state index < -0.39 is 28.8 Å². The fourth-order valence-corrected chi connectivity index (χ4v) is 3.94. The van der Waals surface area contributed by atoms with Crippen molar-refractivity contribution in [2.75, 3.05) is 11.9 Å². The standard InChI is InChI=1S/C22H21ClF3N5O3/c1-2-34-21(33)15-12-27-31(14-6-4-3-5-7-14)20(15)28-16(32)10-11-30-18(13-8-9-13)17(23)19(29-30)22(24,25)26/h3-7,12-13H,2,8-11H2,1H3,(H,28,32). The Hall–Kier alpha value is -3.34. The molecule has 1 amide bonds. The van der Waals surface area contributed by atoms with E-state index in [0.29, 0.717) is 24.2 Å².